The molecule has 3 aromatic rings. The highest BCUT2D eigenvalue weighted by atomic mass is 32.2. The standard InChI is InChI=1S/C20H24N4OS2/c1-5-15-8-6-7-9-17(15)21-18(25)12-27-20-23-22-19(24(20)13(2)3)16-10-14(4)26-11-16/h6-11,13H,5,12H2,1-4H3,(H,21,25). The molecule has 1 aromatic carbocycles. The zero-order valence-corrected chi connectivity index (χ0v) is 17.7. The Morgan fingerprint density at radius 3 is 2.74 bits per heavy atom. The fourth-order valence-corrected chi connectivity index (χ4v) is 4.41. The summed E-state index contributed by atoms with van der Waals surface area (Å²) in [6.45, 7) is 8.37. The lowest BCUT2D eigenvalue weighted by molar-refractivity contribution is -0.113. The molecule has 0 saturated carbocycles. The predicted molar refractivity (Wildman–Crippen MR) is 114 cm³/mol. The van der Waals surface area contributed by atoms with Gasteiger partial charge in [0, 0.05) is 27.5 Å². The molecule has 2 heterocycles. The van der Waals surface area contributed by atoms with Gasteiger partial charge in [0.2, 0.25) is 5.91 Å². The largest absolute Gasteiger partial charge is 0.325 e. The van der Waals surface area contributed by atoms with Gasteiger partial charge in [-0.25, -0.2) is 0 Å². The van der Waals surface area contributed by atoms with E-state index in [-0.39, 0.29) is 11.9 Å². The number of anilines is 1. The number of amides is 1. The van der Waals surface area contributed by atoms with Crippen molar-refractivity contribution in [1.29, 1.82) is 0 Å². The lowest BCUT2D eigenvalue weighted by Crippen LogP contribution is -2.16. The minimum Gasteiger partial charge on any atom is -0.325 e. The summed E-state index contributed by atoms with van der Waals surface area (Å²) < 4.78 is 2.10. The van der Waals surface area contributed by atoms with Crippen molar-refractivity contribution in [3.8, 4) is 11.4 Å². The van der Waals surface area contributed by atoms with Crippen molar-refractivity contribution in [2.45, 2.75) is 45.3 Å². The third-order valence-electron chi connectivity index (χ3n) is 4.17. The molecule has 0 saturated heterocycles. The smallest absolute Gasteiger partial charge is 0.234 e. The van der Waals surface area contributed by atoms with Gasteiger partial charge in [-0.2, -0.15) is 0 Å². The van der Waals surface area contributed by atoms with E-state index in [1.807, 2.05) is 24.3 Å². The number of carbonyl (C=O) groups excluding carboxylic acids is 1. The molecule has 27 heavy (non-hydrogen) atoms. The van der Waals surface area contributed by atoms with E-state index < -0.39 is 0 Å². The van der Waals surface area contributed by atoms with E-state index in [4.69, 9.17) is 0 Å². The molecule has 0 aliphatic rings. The van der Waals surface area contributed by atoms with Crippen molar-refractivity contribution in [1.82, 2.24) is 14.8 Å². The molecule has 142 valence electrons. The van der Waals surface area contributed by atoms with Gasteiger partial charge in [-0.3, -0.25) is 9.36 Å². The molecule has 0 spiro atoms. The van der Waals surface area contributed by atoms with Crippen LogP contribution < -0.4 is 5.32 Å². The minimum atomic E-state index is -0.0351. The summed E-state index contributed by atoms with van der Waals surface area (Å²) in [7, 11) is 0. The minimum absolute atomic E-state index is 0.0351. The molecule has 2 aromatic heterocycles. The maximum atomic E-state index is 12.4. The fraction of sp³-hybridized carbons (Fsp3) is 0.350. The summed E-state index contributed by atoms with van der Waals surface area (Å²) in [6, 6.07) is 10.2. The van der Waals surface area contributed by atoms with Crippen molar-refractivity contribution in [3.05, 3.63) is 46.2 Å². The van der Waals surface area contributed by atoms with Crippen LogP contribution in [0.25, 0.3) is 11.4 Å². The molecule has 7 heteroatoms. The van der Waals surface area contributed by atoms with Crippen molar-refractivity contribution >= 4 is 34.7 Å². The van der Waals surface area contributed by atoms with Crippen LogP contribution in [0.3, 0.4) is 0 Å². The topological polar surface area (TPSA) is 59.8 Å². The summed E-state index contributed by atoms with van der Waals surface area (Å²) in [5.74, 6) is 1.12. The maximum Gasteiger partial charge on any atom is 0.234 e. The first-order chi connectivity index (χ1) is 13.0. The van der Waals surface area contributed by atoms with E-state index in [9.17, 15) is 4.79 Å². The van der Waals surface area contributed by atoms with Gasteiger partial charge in [0.25, 0.3) is 0 Å². The number of aromatic nitrogens is 3. The molecule has 0 radical (unpaired) electrons. The summed E-state index contributed by atoms with van der Waals surface area (Å²) in [5.41, 5.74) is 3.09. The molecule has 0 unspecified atom stereocenters. The molecular weight excluding hydrogens is 376 g/mol. The highest BCUT2D eigenvalue weighted by molar-refractivity contribution is 7.99. The Morgan fingerprint density at radius 1 is 1.30 bits per heavy atom. The molecule has 1 amide bonds. The lowest BCUT2D eigenvalue weighted by atomic mass is 10.1. The molecule has 0 bridgehead atoms. The zero-order chi connectivity index (χ0) is 19.4. The van der Waals surface area contributed by atoms with Crippen molar-refractivity contribution in [2.75, 3.05) is 11.1 Å². The Hall–Kier alpha value is -2.12. The van der Waals surface area contributed by atoms with Crippen LogP contribution in [0.1, 0.15) is 37.3 Å². The normalized spacial score (nSPS) is 11.1. The highest BCUT2D eigenvalue weighted by Gasteiger charge is 2.18. The van der Waals surface area contributed by atoms with E-state index in [1.165, 1.54) is 16.6 Å². The lowest BCUT2D eigenvalue weighted by Gasteiger charge is -2.13. The zero-order valence-electron chi connectivity index (χ0n) is 16.0. The van der Waals surface area contributed by atoms with Crippen LogP contribution in [-0.2, 0) is 11.2 Å². The van der Waals surface area contributed by atoms with Crippen LogP contribution in [0.15, 0.2) is 40.9 Å². The first kappa shape index (κ1) is 19.6. The molecule has 0 aliphatic carbocycles. The Kier molecular flexibility index (Phi) is 6.34. The van der Waals surface area contributed by atoms with Gasteiger partial charge in [-0.05, 0) is 44.9 Å². The number of nitrogens with one attached hydrogen (secondary N) is 1. The molecule has 5 nitrogen and oxygen atoms in total. The first-order valence-electron chi connectivity index (χ1n) is 9.00. The van der Waals surface area contributed by atoms with Crippen LogP contribution in [0.5, 0.6) is 0 Å². The van der Waals surface area contributed by atoms with E-state index in [1.54, 1.807) is 11.3 Å². The Balaban J connectivity index is 1.72. The van der Waals surface area contributed by atoms with Gasteiger partial charge >= 0.3 is 0 Å². The van der Waals surface area contributed by atoms with E-state index in [0.717, 1.165) is 34.2 Å². The van der Waals surface area contributed by atoms with Crippen LogP contribution in [-0.4, -0.2) is 26.4 Å². The van der Waals surface area contributed by atoms with Crippen molar-refractivity contribution in [2.24, 2.45) is 0 Å². The summed E-state index contributed by atoms with van der Waals surface area (Å²) >= 11 is 3.12. The molecule has 3 rings (SSSR count). The third-order valence-corrected chi connectivity index (χ3v) is 5.98. The van der Waals surface area contributed by atoms with Gasteiger partial charge in [0.15, 0.2) is 11.0 Å². The van der Waals surface area contributed by atoms with Gasteiger partial charge in [0.05, 0.1) is 5.75 Å². The number of hydrogen-bond acceptors (Lipinski definition) is 5. The monoisotopic (exact) mass is 400 g/mol. The van der Waals surface area contributed by atoms with Gasteiger partial charge in [0.1, 0.15) is 0 Å². The van der Waals surface area contributed by atoms with Crippen LogP contribution in [0, 0.1) is 6.92 Å². The predicted octanol–water partition coefficient (Wildman–Crippen LogP) is 5.19. The summed E-state index contributed by atoms with van der Waals surface area (Å²) in [6.07, 6.45) is 0.884. The Labute approximate surface area is 168 Å². The second-order valence-electron chi connectivity index (χ2n) is 6.56. The summed E-state index contributed by atoms with van der Waals surface area (Å²) in [5, 5.41) is 14.6. The number of para-hydroxylation sites is 1. The molecule has 0 atom stereocenters. The highest BCUT2D eigenvalue weighted by Crippen LogP contribution is 2.30. The van der Waals surface area contributed by atoms with E-state index in [0.29, 0.717) is 5.75 Å². The van der Waals surface area contributed by atoms with Gasteiger partial charge in [-0.15, -0.1) is 21.5 Å². The van der Waals surface area contributed by atoms with E-state index in [2.05, 4.69) is 59.2 Å². The number of nitrogens with zero attached hydrogens (tertiary/aromatic N) is 3. The van der Waals surface area contributed by atoms with Crippen LogP contribution in [0.4, 0.5) is 5.69 Å². The van der Waals surface area contributed by atoms with Crippen molar-refractivity contribution < 1.29 is 4.79 Å². The van der Waals surface area contributed by atoms with Gasteiger partial charge in [-0.1, -0.05) is 36.9 Å². The van der Waals surface area contributed by atoms with E-state index >= 15 is 0 Å². The number of thiophene rings is 1. The van der Waals surface area contributed by atoms with Gasteiger partial charge < -0.3 is 5.32 Å². The Morgan fingerprint density at radius 2 is 2.07 bits per heavy atom. The Bertz CT molecular complexity index is 930. The molecular formula is C20H24N4OS2. The average Bonchev–Trinajstić information content (AvgIpc) is 3.26. The molecule has 0 fully saturated rings. The van der Waals surface area contributed by atoms with Crippen LogP contribution in [0.2, 0.25) is 0 Å². The molecule has 1 N–H and O–H groups in total. The second-order valence-corrected chi connectivity index (χ2v) is 8.62. The quantitative estimate of drug-likeness (QED) is 0.555. The first-order valence-corrected chi connectivity index (χ1v) is 10.9. The third kappa shape index (κ3) is 4.59. The molecule has 0 aliphatic heterocycles. The average molecular weight is 401 g/mol. The number of carbonyl (C=O) groups is 1. The number of benzene rings is 1. The fourth-order valence-electron chi connectivity index (χ4n) is 2.87. The number of hydrogen-bond donors (Lipinski definition) is 1. The maximum absolute atomic E-state index is 12.4. The number of aryl methyl sites for hydroxylation is 2. The SMILES string of the molecule is CCc1ccccc1NC(=O)CSc1nnc(-c2csc(C)c2)n1C(C)C. The number of thioether (sulfide) groups is 1. The van der Waals surface area contributed by atoms with Crippen molar-refractivity contribution in [3.63, 3.8) is 0 Å². The second kappa shape index (κ2) is 8.71. The van der Waals surface area contributed by atoms with Crippen LogP contribution >= 0.6 is 23.1 Å². The summed E-state index contributed by atoms with van der Waals surface area (Å²) in [4.78, 5) is 13.7. The number of rotatable bonds is 7.